The van der Waals surface area contributed by atoms with Crippen LogP contribution >= 0.6 is 0 Å². The fraction of sp³-hybridized carbons (Fsp3) is 0.278. The van der Waals surface area contributed by atoms with E-state index in [1.807, 2.05) is 42.5 Å². The molecular formula is C18H20N2O. The lowest BCUT2D eigenvalue weighted by Gasteiger charge is -2.12. The molecule has 3 heteroatoms. The van der Waals surface area contributed by atoms with E-state index in [9.17, 15) is 4.79 Å². The lowest BCUT2D eigenvalue weighted by molar-refractivity contribution is 0.0937. The third kappa shape index (κ3) is 3.31. The highest BCUT2D eigenvalue weighted by molar-refractivity contribution is 5.94. The average molecular weight is 280 g/mol. The van der Waals surface area contributed by atoms with Crippen LogP contribution in [0.25, 0.3) is 11.1 Å². The molecule has 2 aromatic carbocycles. The zero-order chi connectivity index (χ0) is 14.7. The van der Waals surface area contributed by atoms with Gasteiger partial charge in [-0.2, -0.15) is 0 Å². The molecule has 0 saturated heterocycles. The van der Waals surface area contributed by atoms with Crippen LogP contribution < -0.4 is 11.1 Å². The standard InChI is InChI=1S/C18H20N2O/c19-16-10-11-17(12-16)20-18(21)15-8-6-14(7-9-15)13-4-2-1-3-5-13/h1-9,16-17H,10-12,19H2,(H,20,21). The molecule has 1 amide bonds. The topological polar surface area (TPSA) is 55.1 Å². The van der Waals surface area contributed by atoms with Gasteiger partial charge in [-0.15, -0.1) is 0 Å². The highest BCUT2D eigenvalue weighted by atomic mass is 16.1. The molecule has 21 heavy (non-hydrogen) atoms. The molecule has 3 N–H and O–H groups in total. The van der Waals surface area contributed by atoms with E-state index >= 15 is 0 Å². The van der Waals surface area contributed by atoms with E-state index in [1.54, 1.807) is 0 Å². The number of carbonyl (C=O) groups is 1. The van der Waals surface area contributed by atoms with E-state index in [0.29, 0.717) is 5.56 Å². The van der Waals surface area contributed by atoms with Gasteiger partial charge in [0.1, 0.15) is 0 Å². The van der Waals surface area contributed by atoms with Crippen LogP contribution in [-0.2, 0) is 0 Å². The molecule has 1 aliphatic rings. The number of carbonyl (C=O) groups excluding carboxylic acids is 1. The molecule has 0 spiro atoms. The maximum Gasteiger partial charge on any atom is 0.251 e. The number of nitrogens with one attached hydrogen (secondary N) is 1. The Bertz CT molecular complexity index is 607. The van der Waals surface area contributed by atoms with E-state index in [1.165, 1.54) is 0 Å². The Morgan fingerprint density at radius 3 is 2.24 bits per heavy atom. The summed E-state index contributed by atoms with van der Waals surface area (Å²) in [6, 6.07) is 18.4. The first-order valence-corrected chi connectivity index (χ1v) is 7.44. The normalized spacial score (nSPS) is 21.2. The Kier molecular flexibility index (Phi) is 4.02. The van der Waals surface area contributed by atoms with Gasteiger partial charge in [-0.05, 0) is 42.5 Å². The van der Waals surface area contributed by atoms with Crippen LogP contribution in [0.2, 0.25) is 0 Å². The van der Waals surface area contributed by atoms with Crippen molar-refractivity contribution in [2.75, 3.05) is 0 Å². The van der Waals surface area contributed by atoms with Gasteiger partial charge in [0.15, 0.2) is 0 Å². The minimum Gasteiger partial charge on any atom is -0.349 e. The Hall–Kier alpha value is -2.13. The lowest BCUT2D eigenvalue weighted by atomic mass is 10.0. The molecule has 3 rings (SSSR count). The van der Waals surface area contributed by atoms with Crippen molar-refractivity contribution in [2.24, 2.45) is 5.73 Å². The van der Waals surface area contributed by atoms with Gasteiger partial charge in [-0.25, -0.2) is 0 Å². The second kappa shape index (κ2) is 6.10. The van der Waals surface area contributed by atoms with Crippen molar-refractivity contribution in [1.29, 1.82) is 0 Å². The smallest absolute Gasteiger partial charge is 0.251 e. The third-order valence-corrected chi connectivity index (χ3v) is 4.06. The molecular weight excluding hydrogens is 260 g/mol. The van der Waals surface area contributed by atoms with Crippen molar-refractivity contribution >= 4 is 5.91 Å². The van der Waals surface area contributed by atoms with Crippen molar-refractivity contribution in [3.05, 3.63) is 60.2 Å². The molecule has 0 aliphatic heterocycles. The average Bonchev–Trinajstić information content (AvgIpc) is 2.93. The maximum absolute atomic E-state index is 12.2. The molecule has 1 saturated carbocycles. The van der Waals surface area contributed by atoms with Crippen LogP contribution in [0.1, 0.15) is 29.6 Å². The fourth-order valence-corrected chi connectivity index (χ4v) is 2.86. The van der Waals surface area contributed by atoms with Gasteiger partial charge in [0, 0.05) is 17.6 Å². The van der Waals surface area contributed by atoms with Crippen LogP contribution in [0.3, 0.4) is 0 Å². The summed E-state index contributed by atoms with van der Waals surface area (Å²) in [6.45, 7) is 0. The van der Waals surface area contributed by atoms with E-state index < -0.39 is 0 Å². The van der Waals surface area contributed by atoms with Crippen LogP contribution in [0, 0.1) is 0 Å². The van der Waals surface area contributed by atoms with Crippen molar-refractivity contribution in [1.82, 2.24) is 5.32 Å². The summed E-state index contributed by atoms with van der Waals surface area (Å²) in [5.41, 5.74) is 8.86. The Morgan fingerprint density at radius 2 is 1.62 bits per heavy atom. The molecule has 1 fully saturated rings. The Morgan fingerprint density at radius 1 is 0.952 bits per heavy atom. The van der Waals surface area contributed by atoms with Gasteiger partial charge in [0.05, 0.1) is 0 Å². The van der Waals surface area contributed by atoms with Gasteiger partial charge >= 0.3 is 0 Å². The van der Waals surface area contributed by atoms with E-state index in [4.69, 9.17) is 5.73 Å². The zero-order valence-electron chi connectivity index (χ0n) is 12.0. The number of hydrogen-bond acceptors (Lipinski definition) is 2. The van der Waals surface area contributed by atoms with Crippen molar-refractivity contribution < 1.29 is 4.79 Å². The summed E-state index contributed by atoms with van der Waals surface area (Å²) in [5.74, 6) is -0.00582. The summed E-state index contributed by atoms with van der Waals surface area (Å²) in [6.07, 6.45) is 2.86. The first-order chi connectivity index (χ1) is 10.2. The summed E-state index contributed by atoms with van der Waals surface area (Å²) in [5, 5.41) is 3.07. The SMILES string of the molecule is NC1CCC(NC(=O)c2ccc(-c3ccccc3)cc2)C1. The number of amides is 1. The third-order valence-electron chi connectivity index (χ3n) is 4.06. The predicted molar refractivity (Wildman–Crippen MR) is 85.0 cm³/mol. The molecule has 0 bridgehead atoms. The van der Waals surface area contributed by atoms with Crippen LogP contribution in [0.15, 0.2) is 54.6 Å². The molecule has 2 unspecified atom stereocenters. The van der Waals surface area contributed by atoms with E-state index in [2.05, 4.69) is 17.4 Å². The Labute approximate surface area is 125 Å². The van der Waals surface area contributed by atoms with Crippen LogP contribution in [-0.4, -0.2) is 18.0 Å². The first-order valence-electron chi connectivity index (χ1n) is 7.44. The fourth-order valence-electron chi connectivity index (χ4n) is 2.86. The number of nitrogens with two attached hydrogens (primary N) is 1. The lowest BCUT2D eigenvalue weighted by Crippen LogP contribution is -2.33. The monoisotopic (exact) mass is 280 g/mol. The molecule has 0 heterocycles. The van der Waals surface area contributed by atoms with Gasteiger partial charge in [0.25, 0.3) is 5.91 Å². The van der Waals surface area contributed by atoms with Crippen molar-refractivity contribution in [3.63, 3.8) is 0 Å². The molecule has 108 valence electrons. The highest BCUT2D eigenvalue weighted by Gasteiger charge is 2.23. The number of rotatable bonds is 3. The van der Waals surface area contributed by atoms with Crippen molar-refractivity contribution in [3.8, 4) is 11.1 Å². The van der Waals surface area contributed by atoms with Crippen molar-refractivity contribution in [2.45, 2.75) is 31.3 Å². The molecule has 0 aromatic heterocycles. The molecule has 1 aliphatic carbocycles. The number of benzene rings is 2. The van der Waals surface area contributed by atoms with Gasteiger partial charge < -0.3 is 11.1 Å². The minimum absolute atomic E-state index is 0.00582. The maximum atomic E-state index is 12.2. The zero-order valence-corrected chi connectivity index (χ0v) is 12.0. The van der Waals surface area contributed by atoms with Gasteiger partial charge in [-0.3, -0.25) is 4.79 Å². The van der Waals surface area contributed by atoms with Gasteiger partial charge in [-0.1, -0.05) is 42.5 Å². The summed E-state index contributed by atoms with van der Waals surface area (Å²) in [7, 11) is 0. The Balaban J connectivity index is 1.68. The first kappa shape index (κ1) is 13.8. The van der Waals surface area contributed by atoms with E-state index in [0.717, 1.165) is 30.4 Å². The molecule has 2 atom stereocenters. The quantitative estimate of drug-likeness (QED) is 0.908. The predicted octanol–water partition coefficient (Wildman–Crippen LogP) is 2.96. The molecule has 3 nitrogen and oxygen atoms in total. The summed E-state index contributed by atoms with van der Waals surface area (Å²) < 4.78 is 0. The number of hydrogen-bond donors (Lipinski definition) is 2. The van der Waals surface area contributed by atoms with Crippen LogP contribution in [0.5, 0.6) is 0 Å². The van der Waals surface area contributed by atoms with Crippen LogP contribution in [0.4, 0.5) is 0 Å². The molecule has 0 radical (unpaired) electrons. The highest BCUT2D eigenvalue weighted by Crippen LogP contribution is 2.20. The second-order valence-corrected chi connectivity index (χ2v) is 5.69. The molecule has 2 aromatic rings. The van der Waals surface area contributed by atoms with Gasteiger partial charge in [0.2, 0.25) is 0 Å². The summed E-state index contributed by atoms with van der Waals surface area (Å²) >= 11 is 0. The largest absolute Gasteiger partial charge is 0.349 e. The summed E-state index contributed by atoms with van der Waals surface area (Å²) in [4.78, 5) is 12.2. The second-order valence-electron chi connectivity index (χ2n) is 5.69. The van der Waals surface area contributed by atoms with E-state index in [-0.39, 0.29) is 18.0 Å². The minimum atomic E-state index is -0.00582.